The van der Waals surface area contributed by atoms with Crippen LogP contribution in [0, 0.1) is 0 Å². The summed E-state index contributed by atoms with van der Waals surface area (Å²) in [5.41, 5.74) is 0. The summed E-state index contributed by atoms with van der Waals surface area (Å²) in [7, 11) is 0. The zero-order valence-electron chi connectivity index (χ0n) is 6.27. The average molecular weight is 151 g/mol. The molecule has 0 radical (unpaired) electrons. The maximum Gasteiger partial charge on any atom is 0.215 e. The number of carbonyl (C=O) groups excluding carboxylic acids is 1. The number of hydrogen-bond acceptors (Lipinski definition) is 3. The van der Waals surface area contributed by atoms with Gasteiger partial charge in [-0.3, -0.25) is 9.69 Å². The lowest BCUT2D eigenvalue weighted by atomic mass is 10.5. The molecule has 4 heteroatoms. The van der Waals surface area contributed by atoms with E-state index in [-0.39, 0.29) is 0 Å². The highest BCUT2D eigenvalue weighted by molar-refractivity contribution is 5.72. The molecule has 0 fully saturated rings. The molecule has 11 heavy (non-hydrogen) atoms. The first-order valence-electron chi connectivity index (χ1n) is 3.36. The van der Waals surface area contributed by atoms with Gasteiger partial charge in [-0.15, -0.1) is 0 Å². The van der Waals surface area contributed by atoms with Gasteiger partial charge in [0.05, 0.1) is 0 Å². The fraction of sp³-hybridized carbons (Fsp3) is 0.286. The van der Waals surface area contributed by atoms with Crippen molar-refractivity contribution in [1.82, 2.24) is 9.97 Å². The SMILES string of the molecule is CCN(C=O)c1ccncn1. The van der Waals surface area contributed by atoms with Gasteiger partial charge in [-0.1, -0.05) is 0 Å². The Labute approximate surface area is 64.9 Å². The molecule has 0 unspecified atom stereocenters. The summed E-state index contributed by atoms with van der Waals surface area (Å²) >= 11 is 0. The van der Waals surface area contributed by atoms with E-state index in [4.69, 9.17) is 0 Å². The first-order chi connectivity index (χ1) is 5.38. The molecule has 1 rings (SSSR count). The molecule has 0 saturated carbocycles. The van der Waals surface area contributed by atoms with Gasteiger partial charge in [0.25, 0.3) is 0 Å². The number of amides is 1. The molecule has 0 N–H and O–H groups in total. The highest BCUT2D eigenvalue weighted by Crippen LogP contribution is 2.03. The third-order valence-electron chi connectivity index (χ3n) is 1.33. The van der Waals surface area contributed by atoms with Gasteiger partial charge in [0.1, 0.15) is 12.1 Å². The van der Waals surface area contributed by atoms with Gasteiger partial charge in [-0.2, -0.15) is 0 Å². The lowest BCUT2D eigenvalue weighted by Gasteiger charge is -2.11. The molecule has 1 heterocycles. The second-order valence-electron chi connectivity index (χ2n) is 1.96. The summed E-state index contributed by atoms with van der Waals surface area (Å²) in [6, 6.07) is 1.69. The Morgan fingerprint density at radius 3 is 3.00 bits per heavy atom. The fourth-order valence-electron chi connectivity index (χ4n) is 0.744. The Hall–Kier alpha value is -1.45. The monoisotopic (exact) mass is 151 g/mol. The molecular formula is C7H9N3O. The van der Waals surface area contributed by atoms with E-state index in [1.54, 1.807) is 12.3 Å². The third-order valence-corrected chi connectivity index (χ3v) is 1.33. The molecule has 1 aromatic heterocycles. The molecule has 0 saturated heterocycles. The van der Waals surface area contributed by atoms with Crippen molar-refractivity contribution in [2.45, 2.75) is 6.92 Å². The van der Waals surface area contributed by atoms with Crippen molar-refractivity contribution < 1.29 is 4.79 Å². The molecule has 1 amide bonds. The van der Waals surface area contributed by atoms with E-state index in [0.717, 1.165) is 6.41 Å². The minimum atomic E-state index is 0.626. The van der Waals surface area contributed by atoms with Crippen molar-refractivity contribution in [3.8, 4) is 0 Å². The highest BCUT2D eigenvalue weighted by atomic mass is 16.1. The normalized spacial score (nSPS) is 9.18. The summed E-state index contributed by atoms with van der Waals surface area (Å²) in [5.74, 6) is 0.637. The summed E-state index contributed by atoms with van der Waals surface area (Å²) < 4.78 is 0. The summed E-state index contributed by atoms with van der Waals surface area (Å²) in [4.78, 5) is 19.6. The number of nitrogens with zero attached hydrogens (tertiary/aromatic N) is 3. The summed E-state index contributed by atoms with van der Waals surface area (Å²) in [5, 5.41) is 0. The molecular weight excluding hydrogens is 142 g/mol. The highest BCUT2D eigenvalue weighted by Gasteiger charge is 2.00. The number of carbonyl (C=O) groups is 1. The first-order valence-corrected chi connectivity index (χ1v) is 3.36. The van der Waals surface area contributed by atoms with Gasteiger partial charge in [-0.25, -0.2) is 9.97 Å². The van der Waals surface area contributed by atoms with Crippen LogP contribution < -0.4 is 4.90 Å². The second-order valence-corrected chi connectivity index (χ2v) is 1.96. The van der Waals surface area contributed by atoms with Crippen LogP contribution in [0.15, 0.2) is 18.6 Å². The molecule has 58 valence electrons. The van der Waals surface area contributed by atoms with Crippen LogP contribution in [-0.2, 0) is 4.79 Å². The smallest absolute Gasteiger partial charge is 0.215 e. The van der Waals surface area contributed by atoms with Gasteiger partial charge >= 0.3 is 0 Å². The number of aromatic nitrogens is 2. The van der Waals surface area contributed by atoms with Gasteiger partial charge in [-0.05, 0) is 13.0 Å². The Balaban J connectivity index is 2.82. The number of anilines is 1. The van der Waals surface area contributed by atoms with Crippen LogP contribution in [0.2, 0.25) is 0 Å². The van der Waals surface area contributed by atoms with Crippen LogP contribution in [0.1, 0.15) is 6.92 Å². The van der Waals surface area contributed by atoms with Gasteiger partial charge in [0, 0.05) is 12.7 Å². The first kappa shape index (κ1) is 7.65. The Morgan fingerprint density at radius 1 is 1.73 bits per heavy atom. The minimum Gasteiger partial charge on any atom is -0.300 e. The minimum absolute atomic E-state index is 0.626. The molecule has 0 spiro atoms. The fourth-order valence-corrected chi connectivity index (χ4v) is 0.744. The maximum absolute atomic E-state index is 10.4. The van der Waals surface area contributed by atoms with Gasteiger partial charge in [0.15, 0.2) is 0 Å². The quantitative estimate of drug-likeness (QED) is 0.589. The van der Waals surface area contributed by atoms with Gasteiger partial charge < -0.3 is 0 Å². The van der Waals surface area contributed by atoms with Crippen molar-refractivity contribution in [1.29, 1.82) is 0 Å². The van der Waals surface area contributed by atoms with Crippen molar-refractivity contribution in [2.75, 3.05) is 11.4 Å². The van der Waals surface area contributed by atoms with E-state index >= 15 is 0 Å². The van der Waals surface area contributed by atoms with Crippen LogP contribution in [-0.4, -0.2) is 22.9 Å². The number of rotatable bonds is 3. The maximum atomic E-state index is 10.4. The van der Waals surface area contributed by atoms with Crippen molar-refractivity contribution >= 4 is 12.2 Å². The summed E-state index contributed by atoms with van der Waals surface area (Å²) in [6.45, 7) is 2.51. The zero-order chi connectivity index (χ0) is 8.10. The number of hydrogen-bond donors (Lipinski definition) is 0. The predicted molar refractivity (Wildman–Crippen MR) is 41.1 cm³/mol. The second kappa shape index (κ2) is 3.65. The van der Waals surface area contributed by atoms with Crippen molar-refractivity contribution in [2.24, 2.45) is 0 Å². The molecule has 0 aliphatic carbocycles. The lowest BCUT2D eigenvalue weighted by molar-refractivity contribution is -0.107. The van der Waals surface area contributed by atoms with Crippen molar-refractivity contribution in [3.05, 3.63) is 18.6 Å². The van der Waals surface area contributed by atoms with Crippen LogP contribution in [0.5, 0.6) is 0 Å². The van der Waals surface area contributed by atoms with E-state index in [9.17, 15) is 4.79 Å². The lowest BCUT2D eigenvalue weighted by Crippen LogP contribution is -2.20. The predicted octanol–water partition coefficient (Wildman–Crippen LogP) is 0.459. The standard InChI is InChI=1S/C7H9N3O/c1-2-10(6-11)7-3-4-8-5-9-7/h3-6H,2H2,1H3. The van der Waals surface area contributed by atoms with E-state index in [1.807, 2.05) is 6.92 Å². The van der Waals surface area contributed by atoms with E-state index in [0.29, 0.717) is 12.4 Å². The van der Waals surface area contributed by atoms with E-state index in [1.165, 1.54) is 11.2 Å². The Kier molecular flexibility index (Phi) is 2.54. The van der Waals surface area contributed by atoms with Crippen LogP contribution in [0.3, 0.4) is 0 Å². The van der Waals surface area contributed by atoms with Crippen LogP contribution in [0.4, 0.5) is 5.82 Å². The van der Waals surface area contributed by atoms with Crippen LogP contribution >= 0.6 is 0 Å². The molecule has 0 atom stereocenters. The average Bonchev–Trinajstić information content (AvgIpc) is 2.09. The molecule has 0 aromatic carbocycles. The molecule has 0 aliphatic rings. The molecule has 0 aliphatic heterocycles. The Bertz CT molecular complexity index is 224. The van der Waals surface area contributed by atoms with Crippen LogP contribution in [0.25, 0.3) is 0 Å². The largest absolute Gasteiger partial charge is 0.300 e. The summed E-state index contributed by atoms with van der Waals surface area (Å²) in [6.07, 6.45) is 3.78. The molecule has 1 aromatic rings. The zero-order valence-corrected chi connectivity index (χ0v) is 6.27. The topological polar surface area (TPSA) is 46.1 Å². The third kappa shape index (κ3) is 1.73. The van der Waals surface area contributed by atoms with Crippen molar-refractivity contribution in [3.63, 3.8) is 0 Å². The molecule has 0 bridgehead atoms. The van der Waals surface area contributed by atoms with E-state index in [2.05, 4.69) is 9.97 Å². The molecule has 4 nitrogen and oxygen atoms in total. The Morgan fingerprint density at radius 2 is 2.55 bits per heavy atom. The van der Waals surface area contributed by atoms with E-state index < -0.39 is 0 Å². The van der Waals surface area contributed by atoms with Gasteiger partial charge in [0.2, 0.25) is 6.41 Å².